The van der Waals surface area contributed by atoms with Crippen molar-refractivity contribution < 1.29 is 0 Å². The number of hydrogen-bond acceptors (Lipinski definition) is 5. The van der Waals surface area contributed by atoms with E-state index in [4.69, 9.17) is 11.6 Å². The highest BCUT2D eigenvalue weighted by Crippen LogP contribution is 2.22. The number of anilines is 1. The molecule has 0 atom stereocenters. The van der Waals surface area contributed by atoms with Gasteiger partial charge in [0.05, 0.1) is 24.6 Å². The first-order valence-electron chi connectivity index (χ1n) is 3.94. The summed E-state index contributed by atoms with van der Waals surface area (Å²) in [5.74, 6) is 0. The summed E-state index contributed by atoms with van der Waals surface area (Å²) < 4.78 is 2.39. The van der Waals surface area contributed by atoms with E-state index in [1.54, 1.807) is 17.1 Å². The molecule has 7 heteroatoms. The average molecular weight is 230 g/mol. The Balaban J connectivity index is 1.98. The van der Waals surface area contributed by atoms with Gasteiger partial charge in [-0.15, -0.1) is 5.10 Å². The second kappa shape index (κ2) is 3.93. The molecule has 0 aromatic carbocycles. The van der Waals surface area contributed by atoms with Crippen molar-refractivity contribution in [1.29, 1.82) is 0 Å². The second-order valence-electron chi connectivity index (χ2n) is 2.67. The summed E-state index contributed by atoms with van der Waals surface area (Å²) in [4.78, 5) is 4.07. The van der Waals surface area contributed by atoms with E-state index in [-0.39, 0.29) is 0 Å². The average Bonchev–Trinajstić information content (AvgIpc) is 2.72. The summed E-state index contributed by atoms with van der Waals surface area (Å²) in [7, 11) is 1.85. The predicted octanol–water partition coefficient (Wildman–Crippen LogP) is 1.54. The van der Waals surface area contributed by atoms with Crippen LogP contribution in [0.2, 0.25) is 4.34 Å². The molecule has 0 aliphatic carbocycles. The minimum Gasteiger partial charge on any atom is -0.356 e. The fraction of sp³-hybridized carbons (Fsp3) is 0.286. The van der Waals surface area contributed by atoms with Crippen LogP contribution in [0.4, 0.5) is 5.13 Å². The van der Waals surface area contributed by atoms with Crippen LogP contribution < -0.4 is 5.32 Å². The molecule has 2 aromatic rings. The fourth-order valence-corrected chi connectivity index (χ4v) is 1.78. The number of thiazole rings is 1. The lowest BCUT2D eigenvalue weighted by molar-refractivity contribution is 0.683. The van der Waals surface area contributed by atoms with Crippen LogP contribution in [0.15, 0.2) is 12.4 Å². The van der Waals surface area contributed by atoms with Crippen LogP contribution in [-0.2, 0) is 13.6 Å². The minimum atomic E-state index is 0.646. The zero-order valence-corrected chi connectivity index (χ0v) is 9.01. The molecule has 2 rings (SSSR count). The molecule has 0 saturated heterocycles. The Labute approximate surface area is 89.7 Å². The van der Waals surface area contributed by atoms with Crippen LogP contribution in [-0.4, -0.2) is 20.0 Å². The van der Waals surface area contributed by atoms with Crippen LogP contribution in [0, 0.1) is 0 Å². The molecule has 0 radical (unpaired) electrons. The van der Waals surface area contributed by atoms with E-state index >= 15 is 0 Å². The summed E-state index contributed by atoms with van der Waals surface area (Å²) in [5, 5.41) is 11.5. The van der Waals surface area contributed by atoms with Crippen molar-refractivity contribution in [2.75, 3.05) is 5.32 Å². The zero-order valence-electron chi connectivity index (χ0n) is 7.44. The molecular formula is C7H8ClN5S. The predicted molar refractivity (Wildman–Crippen MR) is 55.5 cm³/mol. The Morgan fingerprint density at radius 2 is 2.43 bits per heavy atom. The maximum atomic E-state index is 5.74. The van der Waals surface area contributed by atoms with Crippen molar-refractivity contribution in [3.8, 4) is 0 Å². The van der Waals surface area contributed by atoms with E-state index in [1.165, 1.54) is 11.3 Å². The number of nitrogens with zero attached hydrogens (tertiary/aromatic N) is 4. The summed E-state index contributed by atoms with van der Waals surface area (Å²) in [6.07, 6.45) is 3.33. The molecule has 1 N–H and O–H groups in total. The molecule has 0 fully saturated rings. The SMILES string of the molecule is Cn1nncc1CNc1ncc(Cl)s1. The van der Waals surface area contributed by atoms with E-state index < -0.39 is 0 Å². The van der Waals surface area contributed by atoms with Gasteiger partial charge < -0.3 is 5.32 Å². The Kier molecular flexibility index (Phi) is 2.64. The fourth-order valence-electron chi connectivity index (χ4n) is 0.973. The van der Waals surface area contributed by atoms with Crippen LogP contribution in [0.25, 0.3) is 0 Å². The van der Waals surface area contributed by atoms with Gasteiger partial charge >= 0.3 is 0 Å². The van der Waals surface area contributed by atoms with Gasteiger partial charge in [0, 0.05) is 7.05 Å². The van der Waals surface area contributed by atoms with Crippen molar-refractivity contribution in [3.05, 3.63) is 22.4 Å². The van der Waals surface area contributed by atoms with Crippen molar-refractivity contribution in [2.45, 2.75) is 6.54 Å². The molecule has 0 amide bonds. The third-order valence-corrected chi connectivity index (χ3v) is 2.78. The quantitative estimate of drug-likeness (QED) is 0.868. The monoisotopic (exact) mass is 229 g/mol. The Hall–Kier alpha value is -1.14. The maximum absolute atomic E-state index is 5.74. The third kappa shape index (κ3) is 2.02. The molecule has 0 unspecified atom stereocenters. The van der Waals surface area contributed by atoms with E-state index in [9.17, 15) is 0 Å². The first-order valence-corrected chi connectivity index (χ1v) is 5.14. The first kappa shape index (κ1) is 9.42. The van der Waals surface area contributed by atoms with Gasteiger partial charge in [0.15, 0.2) is 5.13 Å². The Morgan fingerprint density at radius 1 is 1.57 bits per heavy atom. The van der Waals surface area contributed by atoms with Crippen molar-refractivity contribution in [3.63, 3.8) is 0 Å². The molecule has 0 spiro atoms. The van der Waals surface area contributed by atoms with E-state index in [0.717, 1.165) is 10.8 Å². The zero-order chi connectivity index (χ0) is 9.97. The van der Waals surface area contributed by atoms with Crippen LogP contribution in [0.5, 0.6) is 0 Å². The molecule has 14 heavy (non-hydrogen) atoms. The Bertz CT molecular complexity index is 423. The molecule has 0 aliphatic heterocycles. The normalized spacial score (nSPS) is 10.4. The molecule has 5 nitrogen and oxygen atoms in total. The number of aryl methyl sites for hydroxylation is 1. The first-order chi connectivity index (χ1) is 6.75. The standard InChI is InChI=1S/C7H8ClN5S/c1-13-5(3-11-12-13)2-9-7-10-4-6(8)14-7/h3-4H,2H2,1H3,(H,9,10). The number of hydrogen-bond donors (Lipinski definition) is 1. The van der Waals surface area contributed by atoms with Crippen molar-refractivity contribution >= 4 is 28.1 Å². The Morgan fingerprint density at radius 3 is 3.00 bits per heavy atom. The van der Waals surface area contributed by atoms with Gasteiger partial charge in [-0.1, -0.05) is 28.2 Å². The van der Waals surface area contributed by atoms with Crippen molar-refractivity contribution in [2.24, 2.45) is 7.05 Å². The summed E-state index contributed by atoms with van der Waals surface area (Å²) in [5.41, 5.74) is 0.997. The van der Waals surface area contributed by atoms with Gasteiger partial charge in [-0.25, -0.2) is 4.98 Å². The molecule has 0 bridgehead atoms. The van der Waals surface area contributed by atoms with Gasteiger partial charge in [-0.05, 0) is 0 Å². The lowest BCUT2D eigenvalue weighted by Gasteiger charge is -2.00. The second-order valence-corrected chi connectivity index (χ2v) is 4.33. The van der Waals surface area contributed by atoms with Gasteiger partial charge in [-0.2, -0.15) is 0 Å². The van der Waals surface area contributed by atoms with E-state index in [0.29, 0.717) is 10.9 Å². The molecule has 0 aliphatic rings. The molecule has 0 saturated carbocycles. The highest BCUT2D eigenvalue weighted by molar-refractivity contribution is 7.19. The summed E-state index contributed by atoms with van der Waals surface area (Å²) in [6, 6.07) is 0. The lowest BCUT2D eigenvalue weighted by atomic mass is 10.5. The largest absolute Gasteiger partial charge is 0.356 e. The smallest absolute Gasteiger partial charge is 0.184 e. The number of aromatic nitrogens is 4. The van der Waals surface area contributed by atoms with Gasteiger partial charge in [-0.3, -0.25) is 4.68 Å². The summed E-state index contributed by atoms with van der Waals surface area (Å²) in [6.45, 7) is 0.646. The summed E-state index contributed by atoms with van der Waals surface area (Å²) >= 11 is 7.15. The maximum Gasteiger partial charge on any atom is 0.184 e. The van der Waals surface area contributed by atoms with Crippen molar-refractivity contribution in [1.82, 2.24) is 20.0 Å². The lowest BCUT2D eigenvalue weighted by Crippen LogP contribution is -2.04. The molecule has 2 heterocycles. The highest BCUT2D eigenvalue weighted by atomic mass is 35.5. The molecule has 74 valence electrons. The third-order valence-electron chi connectivity index (χ3n) is 1.71. The van der Waals surface area contributed by atoms with E-state index in [2.05, 4.69) is 20.6 Å². The number of nitrogens with one attached hydrogen (secondary N) is 1. The van der Waals surface area contributed by atoms with Gasteiger partial charge in [0.25, 0.3) is 0 Å². The van der Waals surface area contributed by atoms with Crippen LogP contribution in [0.1, 0.15) is 5.69 Å². The molecule has 2 aromatic heterocycles. The molecular weight excluding hydrogens is 222 g/mol. The highest BCUT2D eigenvalue weighted by Gasteiger charge is 2.02. The van der Waals surface area contributed by atoms with Gasteiger partial charge in [0.2, 0.25) is 0 Å². The minimum absolute atomic E-state index is 0.646. The number of rotatable bonds is 3. The topological polar surface area (TPSA) is 55.6 Å². The van der Waals surface area contributed by atoms with Gasteiger partial charge in [0.1, 0.15) is 4.34 Å². The number of halogens is 1. The van der Waals surface area contributed by atoms with E-state index in [1.807, 2.05) is 7.05 Å². The van der Waals surface area contributed by atoms with Crippen LogP contribution in [0.3, 0.4) is 0 Å². The van der Waals surface area contributed by atoms with Crippen LogP contribution >= 0.6 is 22.9 Å².